The molecule has 3 rings (SSSR count). The van der Waals surface area contributed by atoms with E-state index in [1.54, 1.807) is 0 Å². The zero-order valence-electron chi connectivity index (χ0n) is 14.9. The highest BCUT2D eigenvalue weighted by Crippen LogP contribution is 2.33. The quantitative estimate of drug-likeness (QED) is 0.905. The van der Waals surface area contributed by atoms with Gasteiger partial charge >= 0.3 is 0 Å². The molecular formula is C17H25N5O2. The van der Waals surface area contributed by atoms with Gasteiger partial charge in [0.25, 0.3) is 0 Å². The van der Waals surface area contributed by atoms with E-state index < -0.39 is 0 Å². The van der Waals surface area contributed by atoms with Gasteiger partial charge < -0.3 is 14.6 Å². The average Bonchev–Trinajstić information content (AvgIpc) is 3.20. The highest BCUT2D eigenvalue weighted by molar-refractivity contribution is 5.80. The van der Waals surface area contributed by atoms with Gasteiger partial charge in [0.2, 0.25) is 5.91 Å². The first-order chi connectivity index (χ1) is 11.4. The predicted molar refractivity (Wildman–Crippen MR) is 89.3 cm³/mol. The summed E-state index contributed by atoms with van der Waals surface area (Å²) >= 11 is 0. The third kappa shape index (κ3) is 2.84. The third-order valence-electron chi connectivity index (χ3n) is 4.91. The fraction of sp³-hybridized carbons (Fsp3) is 0.588. The third-order valence-corrected chi connectivity index (χ3v) is 4.91. The van der Waals surface area contributed by atoms with Crippen LogP contribution in [0.3, 0.4) is 0 Å². The molecule has 7 heteroatoms. The Bertz CT molecular complexity index is 733. The van der Waals surface area contributed by atoms with E-state index >= 15 is 0 Å². The van der Waals surface area contributed by atoms with Gasteiger partial charge in [0.1, 0.15) is 5.76 Å². The molecule has 1 aliphatic rings. The first-order valence-corrected chi connectivity index (χ1v) is 8.30. The van der Waals surface area contributed by atoms with Crippen LogP contribution in [0.5, 0.6) is 0 Å². The van der Waals surface area contributed by atoms with Gasteiger partial charge in [-0.25, -0.2) is 4.98 Å². The van der Waals surface area contributed by atoms with Gasteiger partial charge in [-0.2, -0.15) is 5.10 Å². The summed E-state index contributed by atoms with van der Waals surface area (Å²) in [5.74, 6) is 1.33. The number of likely N-dealkylation sites (tertiary alicyclic amines) is 1. The van der Waals surface area contributed by atoms with Gasteiger partial charge in [-0.05, 0) is 6.92 Å². The molecule has 1 fully saturated rings. The molecule has 0 saturated carbocycles. The lowest BCUT2D eigenvalue weighted by Crippen LogP contribution is -2.35. The maximum Gasteiger partial charge on any atom is 0.224 e. The molecule has 1 amide bonds. The van der Waals surface area contributed by atoms with Crippen molar-refractivity contribution in [2.45, 2.75) is 51.7 Å². The number of amides is 1. The van der Waals surface area contributed by atoms with Crippen molar-refractivity contribution in [2.24, 2.45) is 7.05 Å². The summed E-state index contributed by atoms with van der Waals surface area (Å²) in [7, 11) is 3.78. The Morgan fingerprint density at radius 3 is 2.79 bits per heavy atom. The zero-order chi connectivity index (χ0) is 17.4. The minimum atomic E-state index is -0.0133. The maximum atomic E-state index is 12.2. The zero-order valence-corrected chi connectivity index (χ0v) is 14.9. The molecule has 0 radical (unpaired) electrons. The van der Waals surface area contributed by atoms with Crippen molar-refractivity contribution in [3.8, 4) is 0 Å². The minimum absolute atomic E-state index is 0.0133. The van der Waals surface area contributed by atoms with Crippen LogP contribution in [0.4, 0.5) is 0 Å². The SMILES string of the molecule is Cc1c([C@H]2[C@H](NCc3ncoc3C(C)C)CC(=O)N2C)cnn1C. The van der Waals surface area contributed by atoms with E-state index in [2.05, 4.69) is 29.2 Å². The summed E-state index contributed by atoms with van der Waals surface area (Å²) in [5.41, 5.74) is 3.08. The van der Waals surface area contributed by atoms with Crippen LogP contribution in [0, 0.1) is 6.92 Å². The molecule has 7 nitrogen and oxygen atoms in total. The number of likely N-dealkylation sites (N-methyl/N-ethyl adjacent to an activating group) is 1. The van der Waals surface area contributed by atoms with Crippen molar-refractivity contribution in [1.29, 1.82) is 0 Å². The maximum absolute atomic E-state index is 12.2. The van der Waals surface area contributed by atoms with E-state index in [1.165, 1.54) is 6.39 Å². The van der Waals surface area contributed by atoms with E-state index in [1.807, 2.05) is 36.8 Å². The van der Waals surface area contributed by atoms with E-state index in [4.69, 9.17) is 4.42 Å². The molecule has 0 aliphatic carbocycles. The van der Waals surface area contributed by atoms with E-state index in [-0.39, 0.29) is 23.9 Å². The van der Waals surface area contributed by atoms with Gasteiger partial charge in [-0.1, -0.05) is 13.8 Å². The Hall–Kier alpha value is -2.15. The lowest BCUT2D eigenvalue weighted by Gasteiger charge is -2.25. The van der Waals surface area contributed by atoms with Gasteiger partial charge in [0.05, 0.1) is 17.9 Å². The van der Waals surface area contributed by atoms with Crippen molar-refractivity contribution in [1.82, 2.24) is 25.0 Å². The molecule has 2 atom stereocenters. The molecular weight excluding hydrogens is 306 g/mol. The second-order valence-corrected chi connectivity index (χ2v) is 6.77. The number of hydrogen-bond donors (Lipinski definition) is 1. The van der Waals surface area contributed by atoms with Gasteiger partial charge in [0.15, 0.2) is 6.39 Å². The molecule has 2 aromatic heterocycles. The Morgan fingerprint density at radius 2 is 2.17 bits per heavy atom. The number of nitrogens with one attached hydrogen (secondary N) is 1. The fourth-order valence-corrected chi connectivity index (χ4v) is 3.39. The molecule has 0 bridgehead atoms. The van der Waals surface area contributed by atoms with Crippen LogP contribution in [0.25, 0.3) is 0 Å². The number of oxazole rings is 1. The van der Waals surface area contributed by atoms with Crippen LogP contribution >= 0.6 is 0 Å². The van der Waals surface area contributed by atoms with Crippen LogP contribution < -0.4 is 5.32 Å². The van der Waals surface area contributed by atoms with Crippen LogP contribution in [0.1, 0.15) is 54.9 Å². The van der Waals surface area contributed by atoms with Crippen molar-refractivity contribution < 1.29 is 9.21 Å². The van der Waals surface area contributed by atoms with Crippen molar-refractivity contribution >= 4 is 5.91 Å². The largest absolute Gasteiger partial charge is 0.448 e. The Morgan fingerprint density at radius 1 is 1.42 bits per heavy atom. The molecule has 1 saturated heterocycles. The van der Waals surface area contributed by atoms with Gasteiger partial charge in [-0.3, -0.25) is 9.48 Å². The van der Waals surface area contributed by atoms with E-state index in [0.29, 0.717) is 13.0 Å². The Labute approximate surface area is 142 Å². The number of rotatable bonds is 5. The number of nitrogens with zero attached hydrogens (tertiary/aromatic N) is 4. The number of aromatic nitrogens is 3. The summed E-state index contributed by atoms with van der Waals surface area (Å²) in [6, 6.07) is 0.0164. The smallest absolute Gasteiger partial charge is 0.224 e. The van der Waals surface area contributed by atoms with Crippen LogP contribution in [0.15, 0.2) is 17.0 Å². The second kappa shape index (κ2) is 6.39. The van der Waals surface area contributed by atoms with Crippen LogP contribution in [-0.2, 0) is 18.4 Å². The van der Waals surface area contributed by atoms with Crippen LogP contribution in [-0.4, -0.2) is 38.7 Å². The van der Waals surface area contributed by atoms with Crippen molar-refractivity contribution in [3.63, 3.8) is 0 Å². The molecule has 0 spiro atoms. The van der Waals surface area contributed by atoms with Gasteiger partial charge in [-0.15, -0.1) is 0 Å². The number of aryl methyl sites for hydroxylation is 1. The van der Waals surface area contributed by atoms with E-state index in [0.717, 1.165) is 22.7 Å². The summed E-state index contributed by atoms with van der Waals surface area (Å²) in [6.45, 7) is 6.79. The molecule has 0 unspecified atom stereocenters. The first-order valence-electron chi connectivity index (χ1n) is 8.30. The Kier molecular flexibility index (Phi) is 4.45. The topological polar surface area (TPSA) is 76.2 Å². The standard InChI is InChI=1S/C17H25N5O2/c1-10(2)17-14(19-9-24-17)8-18-13-6-15(23)21(4)16(13)12-7-20-22(5)11(12)3/h7,9-10,13,16,18H,6,8H2,1-5H3/t13-,16+/m1/s1. The second-order valence-electron chi connectivity index (χ2n) is 6.77. The molecule has 2 aromatic rings. The fourth-order valence-electron chi connectivity index (χ4n) is 3.39. The molecule has 1 aliphatic heterocycles. The minimum Gasteiger partial charge on any atom is -0.448 e. The average molecular weight is 331 g/mol. The molecule has 3 heterocycles. The number of carbonyl (C=O) groups is 1. The summed E-state index contributed by atoms with van der Waals surface area (Å²) < 4.78 is 7.32. The lowest BCUT2D eigenvalue weighted by molar-refractivity contribution is -0.127. The normalized spacial score (nSPS) is 21.2. The van der Waals surface area contributed by atoms with Gasteiger partial charge in [0, 0.05) is 50.3 Å². The van der Waals surface area contributed by atoms with E-state index in [9.17, 15) is 4.79 Å². The van der Waals surface area contributed by atoms with Crippen molar-refractivity contribution in [3.05, 3.63) is 35.3 Å². The molecule has 1 N–H and O–H groups in total. The Balaban J connectivity index is 1.79. The predicted octanol–water partition coefficient (Wildman–Crippen LogP) is 1.90. The molecule has 24 heavy (non-hydrogen) atoms. The first kappa shape index (κ1) is 16.7. The molecule has 0 aromatic carbocycles. The lowest BCUT2D eigenvalue weighted by atomic mass is 10.0. The summed E-state index contributed by atoms with van der Waals surface area (Å²) in [6.07, 6.45) is 3.82. The monoisotopic (exact) mass is 331 g/mol. The highest BCUT2D eigenvalue weighted by atomic mass is 16.3. The molecule has 130 valence electrons. The summed E-state index contributed by atoms with van der Waals surface area (Å²) in [5, 5.41) is 7.83. The highest BCUT2D eigenvalue weighted by Gasteiger charge is 2.39. The number of carbonyl (C=O) groups excluding carboxylic acids is 1. The summed E-state index contributed by atoms with van der Waals surface area (Å²) in [4.78, 5) is 18.4. The van der Waals surface area contributed by atoms with Crippen LogP contribution in [0.2, 0.25) is 0 Å². The number of hydrogen-bond acceptors (Lipinski definition) is 5. The van der Waals surface area contributed by atoms with Crippen molar-refractivity contribution in [2.75, 3.05) is 7.05 Å².